The molecule has 20 N–H and O–H groups in total. The molecule has 9 atom stereocenters. The van der Waals surface area contributed by atoms with Crippen molar-refractivity contribution in [1.29, 1.82) is 5.41 Å². The zero-order chi connectivity index (χ0) is 62.9. The minimum absolute atomic E-state index is 0.0428. The Kier molecular flexibility index (Phi) is 30.4. The number of amides is 11. The molecular weight excluding hydrogens is 1110 g/mol. The Morgan fingerprint density at radius 1 is 0.585 bits per heavy atom. The largest absolute Gasteiger partial charge is 0.480 e. The van der Waals surface area contributed by atoms with Crippen molar-refractivity contribution in [3.63, 3.8) is 0 Å². The molecule has 0 saturated carbocycles. The van der Waals surface area contributed by atoms with E-state index in [9.17, 15) is 67.7 Å². The second-order valence-corrected chi connectivity index (χ2v) is 22.3. The Labute approximate surface area is 487 Å². The molecule has 0 aliphatic heterocycles. The van der Waals surface area contributed by atoms with Gasteiger partial charge in [0, 0.05) is 31.4 Å². The smallest absolute Gasteiger partial charge is 0.326 e. The molecule has 460 valence electrons. The van der Waals surface area contributed by atoms with Gasteiger partial charge in [-0.1, -0.05) is 51.1 Å². The van der Waals surface area contributed by atoms with Crippen LogP contribution in [0.5, 0.6) is 0 Å². The SMILES string of the molecule is CC(=O)N[C@H](C(=O)NC(C)(C)C(=O)N[C@@H](Cc1ccccc1)C(=O)N[C@@H](CS)C(=O)N[C@@H](CCCCN)C(=O)N[C@@H](CCCNC(=N)N)C(=O)NC(C)(C)C(=O)N[C@@H](CC(N)=O)C(=O)N[C@@H](CS)C(=O)N[C@H](C(=O)O)C(C)(C)C)[C@@H](C)O. The molecule has 0 radical (unpaired) electrons. The Morgan fingerprint density at radius 3 is 1.48 bits per heavy atom. The number of benzene rings is 1. The fraction of sp³-hybridized carbons (Fsp3) is 0.627. The van der Waals surface area contributed by atoms with E-state index in [-0.39, 0.29) is 56.7 Å². The highest BCUT2D eigenvalue weighted by Gasteiger charge is 2.40. The predicted octanol–water partition coefficient (Wildman–Crippen LogP) is -4.44. The number of carboxylic acid groups (broad SMARTS) is 1. The maximum Gasteiger partial charge on any atom is 0.326 e. The number of unbranched alkanes of at least 4 members (excludes halogenated alkanes) is 1. The number of hydrogen-bond donors (Lipinski definition) is 19. The standard InChI is InChI=1S/C51H85N15O14S2/c1-26(67)36(57-27(2)68)44(76)66-51(8,9)47(80)62-31(22-28-16-11-10-12-17-28)39(71)60-33(24-81)41(73)58-29(18-13-14-20-52)38(70)59-30(19-15-21-56-48(54)55)43(75)65-50(6,7)46(79)63-32(23-35(53)69)40(72)61-34(25-82)42(74)64-37(45(77)78)49(3,4)5/h10-12,16-17,26,29-34,36-37,67,81-82H,13-15,18-25,52H2,1-9H3,(H2,53,69)(H,57,68)(H,58,73)(H,59,70)(H,60,71)(H,61,72)(H,62,80)(H,63,79)(H,64,74)(H,65,75)(H,66,76)(H,77,78)(H4,54,55,56)/t26-,29+,30+,31+,32+,33+,34+,36+,37-/m1/s1. The molecule has 0 unspecified atom stereocenters. The Morgan fingerprint density at radius 2 is 1.02 bits per heavy atom. The Hall–Kier alpha value is -7.25. The number of guanidine groups is 1. The summed E-state index contributed by atoms with van der Waals surface area (Å²) in [6.07, 6.45) is -1.70. The van der Waals surface area contributed by atoms with Crippen LogP contribution in [0, 0.1) is 10.8 Å². The van der Waals surface area contributed by atoms with E-state index in [1.807, 2.05) is 0 Å². The van der Waals surface area contributed by atoms with E-state index >= 15 is 0 Å². The first kappa shape index (κ1) is 72.8. The molecule has 0 spiro atoms. The number of aliphatic hydroxyl groups excluding tert-OH is 1. The van der Waals surface area contributed by atoms with Crippen LogP contribution in [0.4, 0.5) is 0 Å². The minimum Gasteiger partial charge on any atom is -0.480 e. The number of hydrogen-bond acceptors (Lipinski definition) is 17. The summed E-state index contributed by atoms with van der Waals surface area (Å²) in [6.45, 7) is 12.5. The summed E-state index contributed by atoms with van der Waals surface area (Å²) in [4.78, 5) is 160. The summed E-state index contributed by atoms with van der Waals surface area (Å²) < 4.78 is 0. The summed E-state index contributed by atoms with van der Waals surface area (Å²) in [5.41, 5.74) is 12.6. The first-order chi connectivity index (χ1) is 38.0. The normalized spacial score (nSPS) is 14.8. The van der Waals surface area contributed by atoms with E-state index in [0.717, 1.165) is 6.92 Å². The van der Waals surface area contributed by atoms with Crippen molar-refractivity contribution in [3.05, 3.63) is 35.9 Å². The fourth-order valence-electron chi connectivity index (χ4n) is 7.59. The topological polar surface area (TPSA) is 480 Å². The third-order valence-corrected chi connectivity index (χ3v) is 13.0. The van der Waals surface area contributed by atoms with Gasteiger partial charge in [0.25, 0.3) is 0 Å². The lowest BCUT2D eigenvalue weighted by Crippen LogP contribution is -2.64. The fourth-order valence-corrected chi connectivity index (χ4v) is 8.11. The van der Waals surface area contributed by atoms with Crippen LogP contribution in [0.2, 0.25) is 0 Å². The van der Waals surface area contributed by atoms with E-state index in [1.165, 1.54) is 34.6 Å². The minimum atomic E-state index is -1.93. The van der Waals surface area contributed by atoms with Crippen LogP contribution in [0.3, 0.4) is 0 Å². The molecule has 1 aromatic rings. The lowest BCUT2D eigenvalue weighted by Gasteiger charge is -2.31. The molecule has 0 heterocycles. The number of carbonyl (C=O) groups is 12. The van der Waals surface area contributed by atoms with Gasteiger partial charge in [-0.15, -0.1) is 0 Å². The number of rotatable bonds is 35. The molecular formula is C51H85N15O14S2. The molecule has 0 aromatic heterocycles. The van der Waals surface area contributed by atoms with Gasteiger partial charge in [0.05, 0.1) is 12.5 Å². The average Bonchev–Trinajstić information content (AvgIpc) is 3.36. The van der Waals surface area contributed by atoms with Crippen LogP contribution in [0.15, 0.2) is 30.3 Å². The maximum atomic E-state index is 14.3. The zero-order valence-corrected chi connectivity index (χ0v) is 49.6. The van der Waals surface area contributed by atoms with Crippen LogP contribution >= 0.6 is 25.3 Å². The number of primary amides is 1. The molecule has 1 aromatic carbocycles. The van der Waals surface area contributed by atoms with Crippen LogP contribution < -0.4 is 75.7 Å². The number of nitrogens with one attached hydrogen (secondary N) is 12. The second kappa shape index (κ2) is 34.3. The van der Waals surface area contributed by atoms with E-state index < -0.39 is 154 Å². The van der Waals surface area contributed by atoms with Crippen LogP contribution in [0.25, 0.3) is 0 Å². The number of aliphatic carboxylic acids is 1. The van der Waals surface area contributed by atoms with Gasteiger partial charge in [0.2, 0.25) is 65.0 Å². The summed E-state index contributed by atoms with van der Waals surface area (Å²) >= 11 is 8.40. The molecule has 0 aliphatic carbocycles. The summed E-state index contributed by atoms with van der Waals surface area (Å²) in [5.74, 6) is -12.6. The molecule has 11 amide bonds. The molecule has 0 bridgehead atoms. The second-order valence-electron chi connectivity index (χ2n) is 21.6. The number of nitrogens with two attached hydrogens (primary N) is 3. The van der Waals surface area contributed by atoms with Crippen LogP contribution in [-0.4, -0.2) is 177 Å². The highest BCUT2D eigenvalue weighted by atomic mass is 32.1. The van der Waals surface area contributed by atoms with E-state index in [4.69, 9.17) is 22.6 Å². The third kappa shape index (κ3) is 25.7. The molecule has 82 heavy (non-hydrogen) atoms. The van der Waals surface area contributed by atoms with Crippen molar-refractivity contribution in [3.8, 4) is 0 Å². The average molecular weight is 1200 g/mol. The molecule has 0 saturated heterocycles. The Balaban J connectivity index is 3.50. The molecule has 0 aliphatic rings. The van der Waals surface area contributed by atoms with Crippen molar-refractivity contribution in [2.24, 2.45) is 22.6 Å². The molecule has 0 fully saturated rings. The van der Waals surface area contributed by atoms with Gasteiger partial charge in [-0.05, 0) is 84.2 Å². The summed E-state index contributed by atoms with van der Waals surface area (Å²) in [7, 11) is 0. The first-order valence-electron chi connectivity index (χ1n) is 26.3. The zero-order valence-electron chi connectivity index (χ0n) is 47.8. The van der Waals surface area contributed by atoms with Crippen molar-refractivity contribution >= 4 is 102 Å². The monoisotopic (exact) mass is 1200 g/mol. The molecule has 1 rings (SSSR count). The Bertz CT molecular complexity index is 2430. The highest BCUT2D eigenvalue weighted by Crippen LogP contribution is 2.20. The maximum absolute atomic E-state index is 14.3. The van der Waals surface area contributed by atoms with Crippen molar-refractivity contribution in [2.75, 3.05) is 24.6 Å². The number of carbonyl (C=O) groups excluding carboxylic acids is 11. The van der Waals surface area contributed by atoms with Crippen molar-refractivity contribution in [1.82, 2.24) is 58.5 Å². The molecule has 31 heteroatoms. The van der Waals surface area contributed by atoms with Gasteiger partial charge in [-0.2, -0.15) is 25.3 Å². The van der Waals surface area contributed by atoms with E-state index in [1.54, 1.807) is 51.1 Å². The number of thiol groups is 2. The lowest BCUT2D eigenvalue weighted by atomic mass is 9.86. The predicted molar refractivity (Wildman–Crippen MR) is 308 cm³/mol. The summed E-state index contributed by atoms with van der Waals surface area (Å²) in [5, 5.41) is 54.7. The van der Waals surface area contributed by atoms with Gasteiger partial charge in [0.15, 0.2) is 5.96 Å². The van der Waals surface area contributed by atoms with Gasteiger partial charge in [-0.25, -0.2) is 4.79 Å². The van der Waals surface area contributed by atoms with E-state index in [2.05, 4.69) is 83.7 Å². The quantitative estimate of drug-likeness (QED) is 0.0132. The number of aliphatic hydroxyl groups is 1. The first-order valence-corrected chi connectivity index (χ1v) is 27.6. The van der Waals surface area contributed by atoms with Crippen LogP contribution in [-0.2, 0) is 64.0 Å². The van der Waals surface area contributed by atoms with Gasteiger partial charge < -0.3 is 85.9 Å². The highest BCUT2D eigenvalue weighted by molar-refractivity contribution is 7.80. The van der Waals surface area contributed by atoms with E-state index in [0.29, 0.717) is 12.0 Å². The van der Waals surface area contributed by atoms with Crippen molar-refractivity contribution < 1.29 is 67.7 Å². The third-order valence-electron chi connectivity index (χ3n) is 12.3. The number of carboxylic acids is 1. The van der Waals surface area contributed by atoms with Gasteiger partial charge in [-0.3, -0.25) is 58.1 Å². The summed E-state index contributed by atoms with van der Waals surface area (Å²) in [6, 6.07) is -3.23. The lowest BCUT2D eigenvalue weighted by molar-refractivity contribution is -0.145. The van der Waals surface area contributed by atoms with Gasteiger partial charge >= 0.3 is 5.97 Å². The van der Waals surface area contributed by atoms with Crippen molar-refractivity contribution in [2.45, 2.75) is 173 Å². The van der Waals surface area contributed by atoms with Crippen LogP contribution in [0.1, 0.15) is 106 Å². The molecule has 29 nitrogen and oxygen atoms in total. The van der Waals surface area contributed by atoms with Gasteiger partial charge in [0.1, 0.15) is 59.4 Å².